The monoisotopic (exact) mass is 590 g/mol. The van der Waals surface area contributed by atoms with Crippen LogP contribution in [0.15, 0.2) is 46.3 Å². The minimum Gasteiger partial charge on any atom is -0.386 e. The van der Waals surface area contributed by atoms with E-state index in [1.54, 1.807) is 11.3 Å². The molecule has 0 saturated carbocycles. The van der Waals surface area contributed by atoms with Gasteiger partial charge in [-0.3, -0.25) is 0 Å². The summed E-state index contributed by atoms with van der Waals surface area (Å²) in [6.45, 7) is 4.57. The van der Waals surface area contributed by atoms with E-state index in [0.29, 0.717) is 24.0 Å². The predicted octanol–water partition coefficient (Wildman–Crippen LogP) is 8.60. The Hall–Kier alpha value is -2.84. The van der Waals surface area contributed by atoms with Crippen LogP contribution in [0.5, 0.6) is 0 Å². The van der Waals surface area contributed by atoms with Crippen LogP contribution >= 0.6 is 27.3 Å². The smallest absolute Gasteiger partial charge is 0.386 e. The lowest BCUT2D eigenvalue weighted by Gasteiger charge is -2.21. The average molecular weight is 591 g/mol. The van der Waals surface area contributed by atoms with Gasteiger partial charge in [-0.15, -0.1) is 11.3 Å². The van der Waals surface area contributed by atoms with Crippen molar-refractivity contribution >= 4 is 39.2 Å². The molecule has 3 nitrogen and oxygen atoms in total. The molecule has 1 N–H and O–H groups in total. The number of hydrogen-bond acceptors (Lipinski definition) is 4. The van der Waals surface area contributed by atoms with Gasteiger partial charge in [0, 0.05) is 12.5 Å². The van der Waals surface area contributed by atoms with Gasteiger partial charge in [0.1, 0.15) is 17.9 Å². The Morgan fingerprint density at radius 3 is 1.89 bits per heavy atom. The third-order valence-corrected chi connectivity index (χ3v) is 7.14. The largest absolute Gasteiger partial charge is 0.416 e. The number of aryl methyl sites for hydroxylation is 1. The van der Waals surface area contributed by atoms with Gasteiger partial charge in [0.05, 0.1) is 25.5 Å². The van der Waals surface area contributed by atoms with Gasteiger partial charge in [-0.05, 0) is 71.6 Å². The third kappa shape index (κ3) is 6.68. The van der Waals surface area contributed by atoms with Crippen molar-refractivity contribution in [3.63, 3.8) is 0 Å². The van der Waals surface area contributed by atoms with Crippen LogP contribution in [0.4, 0.5) is 32.0 Å². The Morgan fingerprint density at radius 1 is 0.972 bits per heavy atom. The molecule has 0 aliphatic heterocycles. The van der Waals surface area contributed by atoms with Crippen LogP contribution in [0.1, 0.15) is 41.7 Å². The average Bonchev–Trinajstić information content (AvgIpc) is 3.13. The zero-order valence-electron chi connectivity index (χ0n) is 19.5. The zero-order chi connectivity index (χ0) is 27.5. The first-order valence-corrected chi connectivity index (χ1v) is 11.9. The van der Waals surface area contributed by atoms with Crippen LogP contribution in [0.25, 0.3) is 10.4 Å². The van der Waals surface area contributed by atoms with Crippen molar-refractivity contribution in [3.8, 4) is 16.5 Å². The van der Waals surface area contributed by atoms with Crippen LogP contribution in [0.2, 0.25) is 0 Å². The molecule has 0 atom stereocenters. The molecule has 0 saturated heterocycles. The number of carbonyl (C=O) groups excluding carboxylic acids is 1. The molecule has 1 aromatic heterocycles. The molecule has 11 heteroatoms. The molecule has 0 bridgehead atoms. The van der Waals surface area contributed by atoms with E-state index in [1.165, 1.54) is 25.0 Å². The molecule has 3 rings (SSSR count). The summed E-state index contributed by atoms with van der Waals surface area (Å²) in [7, 11) is 1.84. The number of alkyl halides is 6. The molecule has 0 spiro atoms. The van der Waals surface area contributed by atoms with Crippen molar-refractivity contribution in [2.45, 2.75) is 38.5 Å². The van der Waals surface area contributed by atoms with Crippen molar-refractivity contribution in [2.75, 3.05) is 12.4 Å². The standard InChI is InChI=1S/C13H11BrN2S.C12H10F6O/c1-8-5-3-4-6-9(8)12-11(16-2)10(7-15)13(14)17-12;1-10(2,6-19)7-3-8(11(13,14)15)5-9(4-7)12(16,17)18/h3-6,16H,1-2H3;3-6H,1-2H3. The first-order valence-electron chi connectivity index (χ1n) is 10.3. The van der Waals surface area contributed by atoms with E-state index in [9.17, 15) is 31.1 Å². The minimum atomic E-state index is -4.91. The summed E-state index contributed by atoms with van der Waals surface area (Å²) in [5.41, 5.74) is -0.647. The summed E-state index contributed by atoms with van der Waals surface area (Å²) in [5.74, 6) is 0. The van der Waals surface area contributed by atoms with E-state index >= 15 is 0 Å². The fourth-order valence-corrected chi connectivity index (χ4v) is 5.00. The minimum absolute atomic E-state index is 0.0321. The van der Waals surface area contributed by atoms with Crippen LogP contribution in [-0.4, -0.2) is 13.3 Å². The van der Waals surface area contributed by atoms with E-state index < -0.39 is 28.9 Å². The lowest BCUT2D eigenvalue weighted by atomic mass is 9.84. The maximum Gasteiger partial charge on any atom is 0.416 e. The van der Waals surface area contributed by atoms with Gasteiger partial charge >= 0.3 is 12.4 Å². The summed E-state index contributed by atoms with van der Waals surface area (Å²) >= 11 is 5.04. The van der Waals surface area contributed by atoms with Crippen molar-refractivity contribution in [1.82, 2.24) is 0 Å². The third-order valence-electron chi connectivity index (χ3n) is 5.24. The van der Waals surface area contributed by atoms with E-state index in [0.717, 1.165) is 14.4 Å². The molecular weight excluding hydrogens is 570 g/mol. The SMILES string of the molecule is CC(C)(C=O)c1cc(C(F)(F)F)cc(C(F)(F)F)c1.CNc1c(-c2ccccc2C)sc(Br)c1C#N. The maximum atomic E-state index is 12.6. The number of hydrogen-bond donors (Lipinski definition) is 1. The number of nitrogens with one attached hydrogen (secondary N) is 1. The lowest BCUT2D eigenvalue weighted by molar-refractivity contribution is -0.143. The molecule has 0 radical (unpaired) electrons. The highest BCUT2D eigenvalue weighted by atomic mass is 79.9. The van der Waals surface area contributed by atoms with Crippen molar-refractivity contribution < 1.29 is 31.1 Å². The lowest BCUT2D eigenvalue weighted by Crippen LogP contribution is -2.21. The molecule has 0 fully saturated rings. The highest BCUT2D eigenvalue weighted by Gasteiger charge is 2.38. The summed E-state index contributed by atoms with van der Waals surface area (Å²) in [5, 5.41) is 12.3. The molecule has 2 aromatic carbocycles. The zero-order valence-corrected chi connectivity index (χ0v) is 21.9. The second-order valence-corrected chi connectivity index (χ2v) is 10.6. The summed E-state index contributed by atoms with van der Waals surface area (Å²) in [6.07, 6.45) is -9.51. The molecule has 1 heterocycles. The highest BCUT2D eigenvalue weighted by Crippen LogP contribution is 2.44. The first-order chi connectivity index (χ1) is 16.6. The topological polar surface area (TPSA) is 52.9 Å². The highest BCUT2D eigenvalue weighted by molar-refractivity contribution is 9.11. The quantitative estimate of drug-likeness (QED) is 0.244. The van der Waals surface area contributed by atoms with E-state index in [4.69, 9.17) is 5.26 Å². The Balaban J connectivity index is 0.000000255. The summed E-state index contributed by atoms with van der Waals surface area (Å²) < 4.78 is 76.3. The number of thiophene rings is 1. The fourth-order valence-electron chi connectivity index (χ4n) is 3.15. The number of nitriles is 1. The van der Waals surface area contributed by atoms with E-state index in [1.807, 2.05) is 19.2 Å². The van der Waals surface area contributed by atoms with Gasteiger partial charge in [0.2, 0.25) is 0 Å². The molecule has 3 aromatic rings. The van der Waals surface area contributed by atoms with E-state index in [2.05, 4.69) is 46.4 Å². The normalized spacial score (nSPS) is 11.8. The predicted molar refractivity (Wildman–Crippen MR) is 132 cm³/mol. The Labute approximate surface area is 216 Å². The molecule has 192 valence electrons. The summed E-state index contributed by atoms with van der Waals surface area (Å²) in [6, 6.07) is 11.6. The molecule has 0 aliphatic rings. The fraction of sp³-hybridized carbons (Fsp3) is 0.280. The van der Waals surface area contributed by atoms with Crippen LogP contribution in [0, 0.1) is 18.3 Å². The Morgan fingerprint density at radius 2 is 1.47 bits per heavy atom. The van der Waals surface area contributed by atoms with Crippen LogP contribution in [-0.2, 0) is 22.6 Å². The van der Waals surface area contributed by atoms with Crippen LogP contribution < -0.4 is 5.32 Å². The van der Waals surface area contributed by atoms with Gasteiger partial charge in [-0.25, -0.2) is 0 Å². The van der Waals surface area contributed by atoms with Crippen LogP contribution in [0.3, 0.4) is 0 Å². The molecule has 36 heavy (non-hydrogen) atoms. The summed E-state index contributed by atoms with van der Waals surface area (Å²) in [4.78, 5) is 11.9. The van der Waals surface area contributed by atoms with Gasteiger partial charge in [-0.1, -0.05) is 24.3 Å². The second kappa shape index (κ2) is 11.0. The van der Waals surface area contributed by atoms with Gasteiger partial charge in [-0.2, -0.15) is 31.6 Å². The molecule has 0 unspecified atom stereocenters. The Bertz CT molecular complexity index is 1260. The molecular formula is C25H21BrF6N2OS. The number of rotatable bonds is 4. The maximum absolute atomic E-state index is 12.6. The number of aldehydes is 1. The van der Waals surface area contributed by atoms with Gasteiger partial charge in [0.15, 0.2) is 0 Å². The Kier molecular flexibility index (Phi) is 9.02. The molecule has 0 amide bonds. The van der Waals surface area contributed by atoms with Crippen molar-refractivity contribution in [3.05, 3.63) is 74.1 Å². The van der Waals surface area contributed by atoms with Crippen molar-refractivity contribution in [2.24, 2.45) is 0 Å². The number of halogens is 7. The van der Waals surface area contributed by atoms with Crippen molar-refractivity contribution in [1.29, 1.82) is 5.26 Å². The number of benzene rings is 2. The molecule has 0 aliphatic carbocycles. The van der Waals surface area contributed by atoms with E-state index in [-0.39, 0.29) is 11.6 Å². The number of anilines is 1. The second-order valence-electron chi connectivity index (χ2n) is 8.27. The number of carbonyl (C=O) groups is 1. The first kappa shape index (κ1) is 29.4. The number of nitrogens with zero attached hydrogens (tertiary/aromatic N) is 1. The van der Waals surface area contributed by atoms with Gasteiger partial charge < -0.3 is 10.1 Å². The van der Waals surface area contributed by atoms with Gasteiger partial charge in [0.25, 0.3) is 0 Å².